The van der Waals surface area contributed by atoms with E-state index in [0.717, 1.165) is 5.56 Å². The standard InChI is InChI=1S/C17H25NO5/c1-12(2)10-18(11-17(20)21)16(19)8-5-13-9-14(22-3)6-7-15(13)23-4/h6-7,9,12H,5,8,10-11H2,1-4H3,(H,20,21). The molecular weight excluding hydrogens is 298 g/mol. The summed E-state index contributed by atoms with van der Waals surface area (Å²) in [5.41, 5.74) is 0.861. The zero-order valence-electron chi connectivity index (χ0n) is 14.2. The maximum atomic E-state index is 12.3. The predicted molar refractivity (Wildman–Crippen MR) is 86.9 cm³/mol. The number of carboxylic acids is 1. The van der Waals surface area contributed by atoms with E-state index in [9.17, 15) is 9.59 Å². The van der Waals surface area contributed by atoms with Gasteiger partial charge >= 0.3 is 5.97 Å². The Morgan fingerprint density at radius 2 is 1.91 bits per heavy atom. The third kappa shape index (κ3) is 6.18. The minimum absolute atomic E-state index is 0.175. The third-order valence-electron chi connectivity index (χ3n) is 3.36. The lowest BCUT2D eigenvalue weighted by Crippen LogP contribution is -2.38. The predicted octanol–water partition coefficient (Wildman–Crippen LogP) is 2.21. The molecule has 0 saturated carbocycles. The van der Waals surface area contributed by atoms with Crippen LogP contribution in [0.4, 0.5) is 0 Å². The average Bonchev–Trinajstić information content (AvgIpc) is 2.50. The van der Waals surface area contributed by atoms with Crippen LogP contribution in [0.25, 0.3) is 0 Å². The normalized spacial score (nSPS) is 10.5. The van der Waals surface area contributed by atoms with Crippen molar-refractivity contribution in [3.05, 3.63) is 23.8 Å². The Bertz CT molecular complexity index is 542. The maximum Gasteiger partial charge on any atom is 0.323 e. The molecule has 0 aliphatic rings. The molecule has 0 spiro atoms. The summed E-state index contributed by atoms with van der Waals surface area (Å²) in [6.07, 6.45) is 0.691. The zero-order chi connectivity index (χ0) is 17.4. The van der Waals surface area contributed by atoms with Crippen molar-refractivity contribution in [3.63, 3.8) is 0 Å². The number of aliphatic carboxylic acids is 1. The van der Waals surface area contributed by atoms with Crippen LogP contribution in [0.2, 0.25) is 0 Å². The van der Waals surface area contributed by atoms with Crippen molar-refractivity contribution in [2.75, 3.05) is 27.3 Å². The lowest BCUT2D eigenvalue weighted by atomic mass is 10.1. The number of carbonyl (C=O) groups is 2. The van der Waals surface area contributed by atoms with Crippen molar-refractivity contribution in [2.24, 2.45) is 5.92 Å². The Labute approximate surface area is 137 Å². The molecule has 1 N–H and O–H groups in total. The summed E-state index contributed by atoms with van der Waals surface area (Å²) in [7, 11) is 3.15. The van der Waals surface area contributed by atoms with Gasteiger partial charge in [0.2, 0.25) is 5.91 Å². The number of carbonyl (C=O) groups excluding carboxylic acids is 1. The van der Waals surface area contributed by atoms with Crippen molar-refractivity contribution >= 4 is 11.9 Å². The molecule has 6 nitrogen and oxygen atoms in total. The third-order valence-corrected chi connectivity index (χ3v) is 3.36. The van der Waals surface area contributed by atoms with E-state index in [2.05, 4.69) is 0 Å². The largest absolute Gasteiger partial charge is 0.497 e. The van der Waals surface area contributed by atoms with Crippen LogP contribution in [0.3, 0.4) is 0 Å². The van der Waals surface area contributed by atoms with E-state index in [1.165, 1.54) is 4.90 Å². The molecule has 23 heavy (non-hydrogen) atoms. The van der Waals surface area contributed by atoms with Gasteiger partial charge in [0.1, 0.15) is 18.0 Å². The lowest BCUT2D eigenvalue weighted by Gasteiger charge is -2.23. The highest BCUT2D eigenvalue weighted by Crippen LogP contribution is 2.25. The fourth-order valence-corrected chi connectivity index (χ4v) is 2.34. The topological polar surface area (TPSA) is 76.1 Å². The minimum atomic E-state index is -1.00. The second-order valence-corrected chi connectivity index (χ2v) is 5.74. The molecule has 0 aromatic heterocycles. The summed E-state index contributed by atoms with van der Waals surface area (Å²) >= 11 is 0. The highest BCUT2D eigenvalue weighted by Gasteiger charge is 2.18. The molecule has 0 aliphatic heterocycles. The molecule has 0 saturated heterocycles. The fourth-order valence-electron chi connectivity index (χ4n) is 2.34. The SMILES string of the molecule is COc1ccc(OC)c(CCC(=O)N(CC(=O)O)CC(C)C)c1. The van der Waals surface area contributed by atoms with Crippen LogP contribution < -0.4 is 9.47 Å². The van der Waals surface area contributed by atoms with Gasteiger partial charge in [0, 0.05) is 13.0 Å². The first-order valence-electron chi connectivity index (χ1n) is 7.57. The first-order chi connectivity index (χ1) is 10.9. The molecule has 0 heterocycles. The van der Waals surface area contributed by atoms with Crippen LogP contribution in [0, 0.1) is 5.92 Å². The van der Waals surface area contributed by atoms with Gasteiger partial charge in [-0.15, -0.1) is 0 Å². The highest BCUT2D eigenvalue weighted by molar-refractivity contribution is 5.81. The van der Waals surface area contributed by atoms with Crippen LogP contribution in [-0.2, 0) is 16.0 Å². The van der Waals surface area contributed by atoms with Crippen LogP contribution >= 0.6 is 0 Å². The minimum Gasteiger partial charge on any atom is -0.497 e. The van der Waals surface area contributed by atoms with Gasteiger partial charge < -0.3 is 19.5 Å². The van der Waals surface area contributed by atoms with Crippen molar-refractivity contribution in [3.8, 4) is 11.5 Å². The number of hydrogen-bond donors (Lipinski definition) is 1. The molecule has 0 bridgehead atoms. The number of benzene rings is 1. The van der Waals surface area contributed by atoms with Gasteiger partial charge in [-0.25, -0.2) is 0 Å². The second kappa shape index (κ2) is 9.02. The van der Waals surface area contributed by atoms with E-state index in [4.69, 9.17) is 14.6 Å². The molecule has 0 aliphatic carbocycles. The van der Waals surface area contributed by atoms with Gasteiger partial charge in [-0.3, -0.25) is 9.59 Å². The summed E-state index contributed by atoms with van der Waals surface area (Å²) in [4.78, 5) is 24.6. The Morgan fingerprint density at radius 1 is 1.22 bits per heavy atom. The molecule has 0 unspecified atom stereocenters. The summed E-state index contributed by atoms with van der Waals surface area (Å²) < 4.78 is 10.5. The molecule has 0 atom stereocenters. The van der Waals surface area contributed by atoms with E-state index in [1.807, 2.05) is 19.9 Å². The van der Waals surface area contributed by atoms with Crippen LogP contribution in [-0.4, -0.2) is 49.2 Å². The Kier molecular flexibility index (Phi) is 7.38. The summed E-state index contributed by atoms with van der Waals surface area (Å²) in [5.74, 6) is 0.415. The number of nitrogens with zero attached hydrogens (tertiary/aromatic N) is 1. The van der Waals surface area contributed by atoms with Gasteiger partial charge in [-0.2, -0.15) is 0 Å². The number of rotatable bonds is 9. The molecule has 0 radical (unpaired) electrons. The van der Waals surface area contributed by atoms with Gasteiger partial charge in [-0.05, 0) is 36.1 Å². The molecule has 1 amide bonds. The molecular formula is C17H25NO5. The fraction of sp³-hybridized carbons (Fsp3) is 0.529. The van der Waals surface area contributed by atoms with Gasteiger partial charge in [0.05, 0.1) is 14.2 Å². The quantitative estimate of drug-likeness (QED) is 0.754. The number of ether oxygens (including phenoxy) is 2. The van der Waals surface area contributed by atoms with Crippen molar-refractivity contribution in [2.45, 2.75) is 26.7 Å². The smallest absolute Gasteiger partial charge is 0.323 e. The van der Waals surface area contributed by atoms with Crippen LogP contribution in [0.1, 0.15) is 25.8 Å². The second-order valence-electron chi connectivity index (χ2n) is 5.74. The zero-order valence-corrected chi connectivity index (χ0v) is 14.2. The monoisotopic (exact) mass is 323 g/mol. The molecule has 0 fully saturated rings. The number of amides is 1. The summed E-state index contributed by atoms with van der Waals surface area (Å²) in [5, 5.41) is 8.95. The van der Waals surface area contributed by atoms with E-state index in [-0.39, 0.29) is 24.8 Å². The van der Waals surface area contributed by atoms with E-state index >= 15 is 0 Å². The van der Waals surface area contributed by atoms with Crippen molar-refractivity contribution in [1.82, 2.24) is 4.90 Å². The summed E-state index contributed by atoms with van der Waals surface area (Å²) in [6, 6.07) is 5.41. The molecule has 1 aromatic carbocycles. The van der Waals surface area contributed by atoms with E-state index < -0.39 is 5.97 Å². The van der Waals surface area contributed by atoms with Gasteiger partial charge in [0.15, 0.2) is 0 Å². The Balaban J connectivity index is 2.77. The van der Waals surface area contributed by atoms with Crippen molar-refractivity contribution in [1.29, 1.82) is 0 Å². The molecule has 128 valence electrons. The number of carboxylic acid groups (broad SMARTS) is 1. The number of hydrogen-bond acceptors (Lipinski definition) is 4. The van der Waals surface area contributed by atoms with Crippen molar-refractivity contribution < 1.29 is 24.2 Å². The van der Waals surface area contributed by atoms with Gasteiger partial charge in [-0.1, -0.05) is 13.8 Å². The van der Waals surface area contributed by atoms with Crippen LogP contribution in [0.5, 0.6) is 11.5 Å². The first-order valence-corrected chi connectivity index (χ1v) is 7.57. The highest BCUT2D eigenvalue weighted by atomic mass is 16.5. The maximum absolute atomic E-state index is 12.3. The molecule has 1 aromatic rings. The van der Waals surface area contributed by atoms with E-state index in [1.54, 1.807) is 26.4 Å². The summed E-state index contributed by atoms with van der Waals surface area (Å²) in [6.45, 7) is 4.06. The molecule has 1 rings (SSSR count). The van der Waals surface area contributed by atoms with E-state index in [0.29, 0.717) is 24.5 Å². The number of methoxy groups -OCH3 is 2. The molecule has 6 heteroatoms. The first kappa shape index (κ1) is 18.8. The average molecular weight is 323 g/mol. The van der Waals surface area contributed by atoms with Crippen LogP contribution in [0.15, 0.2) is 18.2 Å². The van der Waals surface area contributed by atoms with Gasteiger partial charge in [0.25, 0.3) is 0 Å². The Morgan fingerprint density at radius 3 is 2.43 bits per heavy atom. The number of aryl methyl sites for hydroxylation is 1. The Hall–Kier alpha value is -2.24. The lowest BCUT2D eigenvalue weighted by molar-refractivity contribution is -0.144.